The molecule has 0 atom stereocenters. The number of carbonyl (C=O) groups excluding carboxylic acids is 1. The van der Waals surface area contributed by atoms with Gasteiger partial charge in [-0.05, 0) is 25.1 Å². The average molecular weight is 260 g/mol. The van der Waals surface area contributed by atoms with Gasteiger partial charge in [0.2, 0.25) is 5.91 Å². The summed E-state index contributed by atoms with van der Waals surface area (Å²) in [6.45, 7) is 2.86. The summed E-state index contributed by atoms with van der Waals surface area (Å²) in [5, 5.41) is 3.89. The fourth-order valence-electron chi connectivity index (χ4n) is 2.14. The number of rotatable bonds is 3. The fraction of sp³-hybridized carbons (Fsp3) is 0.357. The van der Waals surface area contributed by atoms with Crippen molar-refractivity contribution in [3.63, 3.8) is 0 Å². The Bertz CT molecular complexity index is 629. The van der Waals surface area contributed by atoms with Crippen LogP contribution in [0.1, 0.15) is 6.92 Å². The monoisotopic (exact) mass is 260 g/mol. The molecule has 5 heteroatoms. The molecule has 0 unspecified atom stereocenters. The molecule has 0 radical (unpaired) electrons. The Balaban J connectivity index is 1.90. The van der Waals surface area contributed by atoms with Crippen LogP contribution < -0.4 is 10.1 Å². The van der Waals surface area contributed by atoms with Crippen molar-refractivity contribution in [1.82, 2.24) is 4.98 Å². The minimum atomic E-state index is -0.414. The van der Waals surface area contributed by atoms with Gasteiger partial charge in [-0.15, -0.1) is 0 Å². The van der Waals surface area contributed by atoms with Crippen LogP contribution in [0.25, 0.3) is 10.9 Å². The van der Waals surface area contributed by atoms with Crippen LogP contribution >= 0.6 is 0 Å². The van der Waals surface area contributed by atoms with Crippen LogP contribution in [0, 0.1) is 5.41 Å². The number of H-pyrrole nitrogens is 1. The smallest absolute Gasteiger partial charge is 0.235 e. The molecule has 1 aromatic heterocycles. The van der Waals surface area contributed by atoms with Crippen LogP contribution in [-0.2, 0) is 9.53 Å². The van der Waals surface area contributed by atoms with E-state index < -0.39 is 5.41 Å². The number of ether oxygens (including phenoxy) is 2. The maximum absolute atomic E-state index is 12.2. The van der Waals surface area contributed by atoms with Gasteiger partial charge < -0.3 is 19.8 Å². The summed E-state index contributed by atoms with van der Waals surface area (Å²) in [5.74, 6) is 0.753. The lowest BCUT2D eigenvalue weighted by atomic mass is 9.87. The van der Waals surface area contributed by atoms with E-state index in [0.29, 0.717) is 13.2 Å². The first-order valence-electron chi connectivity index (χ1n) is 6.17. The highest BCUT2D eigenvalue weighted by atomic mass is 16.5. The Morgan fingerprint density at radius 2 is 2.26 bits per heavy atom. The van der Waals surface area contributed by atoms with E-state index in [2.05, 4.69) is 10.3 Å². The van der Waals surface area contributed by atoms with Gasteiger partial charge >= 0.3 is 0 Å². The third-order valence-electron chi connectivity index (χ3n) is 3.53. The highest BCUT2D eigenvalue weighted by Gasteiger charge is 2.41. The Hall–Kier alpha value is -2.01. The van der Waals surface area contributed by atoms with E-state index in [0.717, 1.165) is 22.3 Å². The number of benzene rings is 1. The summed E-state index contributed by atoms with van der Waals surface area (Å²) in [6, 6.07) is 5.71. The van der Waals surface area contributed by atoms with E-state index >= 15 is 0 Å². The zero-order valence-corrected chi connectivity index (χ0v) is 10.9. The summed E-state index contributed by atoms with van der Waals surface area (Å²) in [7, 11) is 1.62. The van der Waals surface area contributed by atoms with Crippen LogP contribution in [0.5, 0.6) is 5.75 Å². The standard InChI is InChI=1S/C14H16N2O3/c1-14(7-19-8-14)13(17)16-12-6-15-11-4-3-9(18-2)5-10(11)12/h3-6,15H,7-8H2,1-2H3,(H,16,17). The molecule has 0 spiro atoms. The lowest BCUT2D eigenvalue weighted by molar-refractivity contribution is -0.151. The highest BCUT2D eigenvalue weighted by Crippen LogP contribution is 2.31. The van der Waals surface area contributed by atoms with Gasteiger partial charge in [0.05, 0.1) is 31.4 Å². The van der Waals surface area contributed by atoms with Gasteiger partial charge in [-0.25, -0.2) is 0 Å². The molecule has 0 bridgehead atoms. The van der Waals surface area contributed by atoms with Crippen LogP contribution in [-0.4, -0.2) is 31.2 Å². The molecule has 1 saturated heterocycles. The number of amides is 1. The molecular weight excluding hydrogens is 244 g/mol. The van der Waals surface area contributed by atoms with Gasteiger partial charge in [0.15, 0.2) is 0 Å². The molecule has 1 aromatic carbocycles. The number of fused-ring (bicyclic) bond motifs is 1. The fourth-order valence-corrected chi connectivity index (χ4v) is 2.14. The third kappa shape index (κ3) is 1.96. The topological polar surface area (TPSA) is 63.3 Å². The molecule has 100 valence electrons. The zero-order chi connectivity index (χ0) is 13.5. The second-order valence-electron chi connectivity index (χ2n) is 5.12. The zero-order valence-electron chi connectivity index (χ0n) is 10.9. The lowest BCUT2D eigenvalue weighted by Crippen LogP contribution is -2.49. The quantitative estimate of drug-likeness (QED) is 0.888. The molecule has 3 rings (SSSR count). The maximum atomic E-state index is 12.2. The Morgan fingerprint density at radius 3 is 2.89 bits per heavy atom. The third-order valence-corrected chi connectivity index (χ3v) is 3.53. The molecule has 2 aromatic rings. The summed E-state index contributed by atoms with van der Waals surface area (Å²) in [6.07, 6.45) is 1.80. The Labute approximate surface area is 110 Å². The van der Waals surface area contributed by atoms with E-state index in [1.165, 1.54) is 0 Å². The summed E-state index contributed by atoms with van der Waals surface area (Å²) in [5.41, 5.74) is 1.32. The summed E-state index contributed by atoms with van der Waals surface area (Å²) < 4.78 is 10.3. The van der Waals surface area contributed by atoms with Crippen molar-refractivity contribution in [2.45, 2.75) is 6.92 Å². The molecule has 0 aliphatic carbocycles. The van der Waals surface area contributed by atoms with Gasteiger partial charge in [-0.3, -0.25) is 4.79 Å². The predicted molar refractivity (Wildman–Crippen MR) is 72.4 cm³/mol. The van der Waals surface area contributed by atoms with Gasteiger partial charge in [-0.2, -0.15) is 0 Å². The Kier molecular flexibility index (Phi) is 2.71. The number of aromatic nitrogens is 1. The number of methoxy groups -OCH3 is 1. The number of aromatic amines is 1. The molecular formula is C14H16N2O3. The van der Waals surface area contributed by atoms with Gasteiger partial charge in [0.1, 0.15) is 5.75 Å². The second kappa shape index (κ2) is 4.28. The first kappa shape index (κ1) is 12.0. The number of carbonyl (C=O) groups is 1. The van der Waals surface area contributed by atoms with Crippen molar-refractivity contribution in [2.24, 2.45) is 5.41 Å². The maximum Gasteiger partial charge on any atom is 0.235 e. The van der Waals surface area contributed by atoms with Crippen LogP contribution in [0.3, 0.4) is 0 Å². The van der Waals surface area contributed by atoms with Crippen molar-refractivity contribution in [3.05, 3.63) is 24.4 Å². The molecule has 5 nitrogen and oxygen atoms in total. The van der Waals surface area contributed by atoms with Gasteiger partial charge in [0, 0.05) is 17.1 Å². The van der Waals surface area contributed by atoms with Gasteiger partial charge in [-0.1, -0.05) is 0 Å². The van der Waals surface area contributed by atoms with Crippen LogP contribution in [0.15, 0.2) is 24.4 Å². The first-order valence-corrected chi connectivity index (χ1v) is 6.17. The number of nitrogens with one attached hydrogen (secondary N) is 2. The van der Waals surface area contributed by atoms with E-state index in [-0.39, 0.29) is 5.91 Å². The Morgan fingerprint density at radius 1 is 1.47 bits per heavy atom. The minimum absolute atomic E-state index is 0.0116. The molecule has 2 heterocycles. The van der Waals surface area contributed by atoms with Crippen LogP contribution in [0.2, 0.25) is 0 Å². The molecule has 1 amide bonds. The average Bonchev–Trinajstić information content (AvgIpc) is 2.78. The number of hydrogen-bond donors (Lipinski definition) is 2. The van der Waals surface area contributed by atoms with Crippen molar-refractivity contribution < 1.29 is 14.3 Å². The minimum Gasteiger partial charge on any atom is -0.497 e. The normalized spacial score (nSPS) is 16.9. The van der Waals surface area contributed by atoms with Crippen molar-refractivity contribution in [2.75, 3.05) is 25.6 Å². The molecule has 1 fully saturated rings. The summed E-state index contributed by atoms with van der Waals surface area (Å²) >= 11 is 0. The van der Waals surface area contributed by atoms with E-state index in [1.54, 1.807) is 13.3 Å². The van der Waals surface area contributed by atoms with Crippen LogP contribution in [0.4, 0.5) is 5.69 Å². The number of hydrogen-bond acceptors (Lipinski definition) is 3. The molecule has 2 N–H and O–H groups in total. The molecule has 1 aliphatic rings. The van der Waals surface area contributed by atoms with E-state index in [1.807, 2.05) is 25.1 Å². The lowest BCUT2D eigenvalue weighted by Gasteiger charge is -2.36. The molecule has 0 saturated carbocycles. The highest BCUT2D eigenvalue weighted by molar-refractivity contribution is 6.04. The molecule has 1 aliphatic heterocycles. The predicted octanol–water partition coefficient (Wildman–Crippen LogP) is 2.15. The van der Waals surface area contributed by atoms with E-state index in [9.17, 15) is 4.79 Å². The van der Waals surface area contributed by atoms with Crippen molar-refractivity contribution >= 4 is 22.5 Å². The van der Waals surface area contributed by atoms with Crippen molar-refractivity contribution in [3.8, 4) is 5.75 Å². The van der Waals surface area contributed by atoms with Crippen molar-refractivity contribution in [1.29, 1.82) is 0 Å². The summed E-state index contributed by atoms with van der Waals surface area (Å²) in [4.78, 5) is 15.3. The van der Waals surface area contributed by atoms with E-state index in [4.69, 9.17) is 9.47 Å². The number of anilines is 1. The van der Waals surface area contributed by atoms with Gasteiger partial charge in [0.25, 0.3) is 0 Å². The second-order valence-corrected chi connectivity index (χ2v) is 5.12. The first-order chi connectivity index (χ1) is 9.12. The largest absolute Gasteiger partial charge is 0.497 e. The molecule has 19 heavy (non-hydrogen) atoms. The SMILES string of the molecule is COc1ccc2[nH]cc(NC(=O)C3(C)COC3)c2c1.